The van der Waals surface area contributed by atoms with Gasteiger partial charge in [-0.3, -0.25) is 0 Å². The summed E-state index contributed by atoms with van der Waals surface area (Å²) in [7, 11) is 3.28. The zero-order valence-corrected chi connectivity index (χ0v) is 16.7. The lowest BCUT2D eigenvalue weighted by atomic mass is 10.1. The summed E-state index contributed by atoms with van der Waals surface area (Å²) in [5.74, 6) is 3.27. The van der Waals surface area contributed by atoms with E-state index in [-0.39, 0.29) is 6.10 Å². The second kappa shape index (κ2) is 8.96. The van der Waals surface area contributed by atoms with Crippen LogP contribution in [-0.2, 0) is 6.42 Å². The molecule has 1 aliphatic rings. The molecule has 0 aliphatic carbocycles. The Kier molecular flexibility index (Phi) is 5.95. The monoisotopic (exact) mass is 395 g/mol. The van der Waals surface area contributed by atoms with Crippen molar-refractivity contribution >= 4 is 0 Å². The predicted octanol–water partition coefficient (Wildman–Crippen LogP) is 3.48. The van der Waals surface area contributed by atoms with Crippen LogP contribution in [0.25, 0.3) is 11.5 Å². The van der Waals surface area contributed by atoms with E-state index in [1.54, 1.807) is 14.2 Å². The Morgan fingerprint density at radius 1 is 1.03 bits per heavy atom. The van der Waals surface area contributed by atoms with Gasteiger partial charge in [-0.05, 0) is 61.8 Å². The van der Waals surface area contributed by atoms with Crippen LogP contribution in [-0.4, -0.2) is 43.6 Å². The minimum atomic E-state index is 0.169. The van der Waals surface area contributed by atoms with Crippen LogP contribution in [0.4, 0.5) is 0 Å². The predicted molar refractivity (Wildman–Crippen MR) is 109 cm³/mol. The number of ether oxygens (including phenoxy) is 3. The van der Waals surface area contributed by atoms with E-state index in [0.29, 0.717) is 23.9 Å². The molecule has 0 radical (unpaired) electrons. The van der Waals surface area contributed by atoms with Crippen molar-refractivity contribution in [3.8, 4) is 28.7 Å². The van der Waals surface area contributed by atoms with Gasteiger partial charge in [-0.15, -0.1) is 0 Å². The molecule has 7 heteroatoms. The summed E-state index contributed by atoms with van der Waals surface area (Å²) in [6.07, 6.45) is 2.66. The van der Waals surface area contributed by atoms with Crippen LogP contribution in [0.3, 0.4) is 0 Å². The molecule has 1 saturated heterocycles. The fourth-order valence-electron chi connectivity index (χ4n) is 3.40. The minimum Gasteiger partial charge on any atom is -0.497 e. The molecule has 0 amide bonds. The Bertz CT molecular complexity index is 951. The molecule has 0 spiro atoms. The van der Waals surface area contributed by atoms with Gasteiger partial charge < -0.3 is 24.1 Å². The van der Waals surface area contributed by atoms with Gasteiger partial charge in [-0.1, -0.05) is 17.3 Å². The van der Waals surface area contributed by atoms with Crippen molar-refractivity contribution in [2.45, 2.75) is 25.4 Å². The number of methoxy groups -OCH3 is 2. The van der Waals surface area contributed by atoms with Crippen LogP contribution in [0.5, 0.6) is 17.2 Å². The number of nitrogens with one attached hydrogen (secondary N) is 1. The zero-order valence-electron chi connectivity index (χ0n) is 16.7. The van der Waals surface area contributed by atoms with E-state index in [2.05, 4.69) is 15.5 Å². The van der Waals surface area contributed by atoms with E-state index in [4.69, 9.17) is 18.7 Å². The smallest absolute Gasteiger partial charge is 0.261 e. The summed E-state index contributed by atoms with van der Waals surface area (Å²) >= 11 is 0. The van der Waals surface area contributed by atoms with Crippen LogP contribution in [0.15, 0.2) is 47.0 Å². The summed E-state index contributed by atoms with van der Waals surface area (Å²) in [4.78, 5) is 4.59. The quantitative estimate of drug-likeness (QED) is 0.656. The first kappa shape index (κ1) is 19.3. The highest BCUT2D eigenvalue weighted by atomic mass is 16.5. The number of aromatic nitrogens is 2. The molecule has 7 nitrogen and oxygen atoms in total. The molecular formula is C22H25N3O4. The topological polar surface area (TPSA) is 78.6 Å². The SMILES string of the molecule is COc1cccc(Cc2noc(-c3cc(OC)ccc3OC3CCNCC3)n2)c1. The van der Waals surface area contributed by atoms with Crippen molar-refractivity contribution in [1.82, 2.24) is 15.5 Å². The summed E-state index contributed by atoms with van der Waals surface area (Å²) in [6.45, 7) is 1.92. The standard InChI is InChI=1S/C22H25N3O4/c1-26-17-5-3-4-15(12-17)13-21-24-22(29-25-21)19-14-18(27-2)6-7-20(19)28-16-8-10-23-11-9-16/h3-7,12,14,16,23H,8-11,13H2,1-2H3. The molecule has 0 bridgehead atoms. The largest absolute Gasteiger partial charge is 0.497 e. The molecule has 1 aromatic heterocycles. The lowest BCUT2D eigenvalue weighted by Crippen LogP contribution is -2.34. The molecule has 1 aliphatic heterocycles. The fourth-order valence-corrected chi connectivity index (χ4v) is 3.40. The van der Waals surface area contributed by atoms with Gasteiger partial charge in [-0.2, -0.15) is 4.98 Å². The molecule has 0 atom stereocenters. The lowest BCUT2D eigenvalue weighted by molar-refractivity contribution is 0.163. The molecule has 0 unspecified atom stereocenters. The van der Waals surface area contributed by atoms with Gasteiger partial charge in [0, 0.05) is 6.42 Å². The normalized spacial score (nSPS) is 14.6. The molecule has 1 N–H and O–H groups in total. The van der Waals surface area contributed by atoms with Crippen LogP contribution >= 0.6 is 0 Å². The molecule has 1 fully saturated rings. The van der Waals surface area contributed by atoms with E-state index in [1.807, 2.05) is 42.5 Å². The van der Waals surface area contributed by atoms with E-state index < -0.39 is 0 Å². The highest BCUT2D eigenvalue weighted by molar-refractivity contribution is 5.65. The average molecular weight is 395 g/mol. The summed E-state index contributed by atoms with van der Waals surface area (Å²) < 4.78 is 22.5. The number of piperidine rings is 1. The highest BCUT2D eigenvalue weighted by Gasteiger charge is 2.20. The first-order valence-corrected chi connectivity index (χ1v) is 9.76. The summed E-state index contributed by atoms with van der Waals surface area (Å²) in [5.41, 5.74) is 1.79. The van der Waals surface area contributed by atoms with E-state index in [1.165, 1.54) is 0 Å². The van der Waals surface area contributed by atoms with E-state index >= 15 is 0 Å². The molecule has 0 saturated carbocycles. The second-order valence-corrected chi connectivity index (χ2v) is 6.97. The minimum absolute atomic E-state index is 0.169. The van der Waals surface area contributed by atoms with Crippen LogP contribution in [0.1, 0.15) is 24.2 Å². The maximum Gasteiger partial charge on any atom is 0.261 e. The molecule has 29 heavy (non-hydrogen) atoms. The number of benzene rings is 2. The van der Waals surface area contributed by atoms with Crippen LogP contribution < -0.4 is 19.5 Å². The Labute approximate surface area is 170 Å². The third-order valence-corrected chi connectivity index (χ3v) is 4.96. The average Bonchev–Trinajstić information content (AvgIpc) is 3.23. The number of hydrogen-bond acceptors (Lipinski definition) is 7. The summed E-state index contributed by atoms with van der Waals surface area (Å²) in [5, 5.41) is 7.50. The number of rotatable bonds is 7. The number of nitrogens with zero attached hydrogens (tertiary/aromatic N) is 2. The molecular weight excluding hydrogens is 370 g/mol. The summed E-state index contributed by atoms with van der Waals surface area (Å²) in [6, 6.07) is 13.5. The molecule has 152 valence electrons. The maximum atomic E-state index is 6.26. The van der Waals surface area contributed by atoms with Crippen LogP contribution in [0.2, 0.25) is 0 Å². The van der Waals surface area contributed by atoms with Gasteiger partial charge in [0.2, 0.25) is 0 Å². The van der Waals surface area contributed by atoms with Crippen molar-refractivity contribution in [1.29, 1.82) is 0 Å². The van der Waals surface area contributed by atoms with Crippen molar-refractivity contribution in [3.63, 3.8) is 0 Å². The van der Waals surface area contributed by atoms with Gasteiger partial charge in [0.15, 0.2) is 5.82 Å². The van der Waals surface area contributed by atoms with E-state index in [9.17, 15) is 0 Å². The molecule has 2 aromatic carbocycles. The number of hydrogen-bond donors (Lipinski definition) is 1. The Morgan fingerprint density at radius 3 is 2.62 bits per heavy atom. The van der Waals surface area contributed by atoms with Crippen molar-refractivity contribution in [3.05, 3.63) is 53.9 Å². The van der Waals surface area contributed by atoms with Gasteiger partial charge in [0.1, 0.15) is 23.4 Å². The molecule has 2 heterocycles. The van der Waals surface area contributed by atoms with Gasteiger partial charge in [0.25, 0.3) is 5.89 Å². The van der Waals surface area contributed by atoms with Gasteiger partial charge in [0.05, 0.1) is 19.8 Å². The third-order valence-electron chi connectivity index (χ3n) is 4.96. The third kappa shape index (κ3) is 4.68. The second-order valence-electron chi connectivity index (χ2n) is 6.97. The maximum absolute atomic E-state index is 6.26. The van der Waals surface area contributed by atoms with Crippen LogP contribution in [0, 0.1) is 0 Å². The Balaban J connectivity index is 1.58. The first-order valence-electron chi connectivity index (χ1n) is 9.76. The Hall–Kier alpha value is -3.06. The van der Waals surface area contributed by atoms with E-state index in [0.717, 1.165) is 48.6 Å². The Morgan fingerprint density at radius 2 is 1.83 bits per heavy atom. The van der Waals surface area contributed by atoms with Gasteiger partial charge >= 0.3 is 0 Å². The molecule has 3 aromatic rings. The fraction of sp³-hybridized carbons (Fsp3) is 0.364. The highest BCUT2D eigenvalue weighted by Crippen LogP contribution is 2.34. The first-order chi connectivity index (χ1) is 14.2. The lowest BCUT2D eigenvalue weighted by Gasteiger charge is -2.24. The zero-order chi connectivity index (χ0) is 20.1. The van der Waals surface area contributed by atoms with Crippen molar-refractivity contribution in [2.75, 3.05) is 27.3 Å². The van der Waals surface area contributed by atoms with Crippen molar-refractivity contribution in [2.24, 2.45) is 0 Å². The van der Waals surface area contributed by atoms with Gasteiger partial charge in [-0.25, -0.2) is 0 Å². The molecule has 4 rings (SSSR count). The van der Waals surface area contributed by atoms with Crippen molar-refractivity contribution < 1.29 is 18.7 Å².